The summed E-state index contributed by atoms with van der Waals surface area (Å²) in [5.74, 6) is -0.0570. The molecule has 3 nitrogen and oxygen atoms in total. The highest BCUT2D eigenvalue weighted by molar-refractivity contribution is 5.29. The molecule has 0 saturated heterocycles. The standard InChI is InChI=1S/C13H21FN2O/c1-13(2,9-15)16(3)8-10-5-6-12(17-4)11(14)7-10/h5-7H,8-9,15H2,1-4H3. The summed E-state index contributed by atoms with van der Waals surface area (Å²) >= 11 is 0. The van der Waals surface area contributed by atoms with E-state index in [-0.39, 0.29) is 17.1 Å². The number of halogens is 1. The average molecular weight is 240 g/mol. The molecule has 17 heavy (non-hydrogen) atoms. The van der Waals surface area contributed by atoms with E-state index in [0.717, 1.165) is 5.56 Å². The fourth-order valence-electron chi connectivity index (χ4n) is 1.45. The van der Waals surface area contributed by atoms with E-state index in [1.54, 1.807) is 6.07 Å². The molecule has 1 aromatic carbocycles. The van der Waals surface area contributed by atoms with Gasteiger partial charge in [0.2, 0.25) is 0 Å². The molecule has 0 atom stereocenters. The molecule has 0 amide bonds. The largest absolute Gasteiger partial charge is 0.494 e. The van der Waals surface area contributed by atoms with Gasteiger partial charge >= 0.3 is 0 Å². The van der Waals surface area contributed by atoms with E-state index in [0.29, 0.717) is 13.1 Å². The Morgan fingerprint density at radius 3 is 2.53 bits per heavy atom. The lowest BCUT2D eigenvalue weighted by Gasteiger charge is -2.34. The van der Waals surface area contributed by atoms with Crippen LogP contribution < -0.4 is 10.5 Å². The van der Waals surface area contributed by atoms with Crippen molar-refractivity contribution >= 4 is 0 Å². The van der Waals surface area contributed by atoms with Gasteiger partial charge in [0.15, 0.2) is 11.6 Å². The molecule has 0 aliphatic carbocycles. The van der Waals surface area contributed by atoms with Crippen molar-refractivity contribution in [2.75, 3.05) is 20.7 Å². The van der Waals surface area contributed by atoms with Crippen LogP contribution in [0.5, 0.6) is 5.75 Å². The maximum Gasteiger partial charge on any atom is 0.165 e. The topological polar surface area (TPSA) is 38.5 Å². The summed E-state index contributed by atoms with van der Waals surface area (Å²) in [4.78, 5) is 2.11. The number of methoxy groups -OCH3 is 1. The number of nitrogens with zero attached hydrogens (tertiary/aromatic N) is 1. The highest BCUT2D eigenvalue weighted by Crippen LogP contribution is 2.20. The fourth-order valence-corrected chi connectivity index (χ4v) is 1.45. The zero-order valence-corrected chi connectivity index (χ0v) is 11.0. The molecule has 4 heteroatoms. The first kappa shape index (κ1) is 13.9. The minimum absolute atomic E-state index is 0.101. The van der Waals surface area contributed by atoms with Crippen LogP contribution in [0.15, 0.2) is 18.2 Å². The first-order valence-corrected chi connectivity index (χ1v) is 5.64. The van der Waals surface area contributed by atoms with Gasteiger partial charge in [-0.1, -0.05) is 6.07 Å². The molecule has 1 rings (SSSR count). The van der Waals surface area contributed by atoms with Crippen molar-refractivity contribution in [3.63, 3.8) is 0 Å². The predicted octanol–water partition coefficient (Wildman–Crippen LogP) is 2.00. The number of likely N-dealkylation sites (N-methyl/N-ethyl adjacent to an activating group) is 1. The summed E-state index contributed by atoms with van der Waals surface area (Å²) in [5.41, 5.74) is 6.51. The molecule has 0 aromatic heterocycles. The Bertz CT molecular complexity index is 380. The van der Waals surface area contributed by atoms with Crippen molar-refractivity contribution < 1.29 is 9.13 Å². The van der Waals surface area contributed by atoms with Gasteiger partial charge in [-0.15, -0.1) is 0 Å². The molecule has 0 bridgehead atoms. The van der Waals surface area contributed by atoms with Gasteiger partial charge in [-0.2, -0.15) is 0 Å². The van der Waals surface area contributed by atoms with Crippen LogP contribution >= 0.6 is 0 Å². The fraction of sp³-hybridized carbons (Fsp3) is 0.538. The Morgan fingerprint density at radius 2 is 2.06 bits per heavy atom. The molecule has 0 aliphatic rings. The lowest BCUT2D eigenvalue weighted by Crippen LogP contribution is -2.46. The molecule has 0 aliphatic heterocycles. The zero-order chi connectivity index (χ0) is 13.1. The Morgan fingerprint density at radius 1 is 1.41 bits per heavy atom. The number of ether oxygens (including phenoxy) is 1. The first-order valence-electron chi connectivity index (χ1n) is 5.64. The van der Waals surface area contributed by atoms with Crippen LogP contribution in [0.3, 0.4) is 0 Å². The van der Waals surface area contributed by atoms with Gasteiger partial charge in [0.25, 0.3) is 0 Å². The van der Waals surface area contributed by atoms with E-state index in [1.807, 2.05) is 13.1 Å². The molecule has 0 heterocycles. The quantitative estimate of drug-likeness (QED) is 0.855. The van der Waals surface area contributed by atoms with Crippen LogP contribution in [-0.2, 0) is 6.54 Å². The average Bonchev–Trinajstić information content (AvgIpc) is 2.29. The van der Waals surface area contributed by atoms with Crippen LogP contribution in [0.25, 0.3) is 0 Å². The number of hydrogen-bond donors (Lipinski definition) is 1. The Balaban J connectivity index is 2.79. The third-order valence-electron chi connectivity index (χ3n) is 3.17. The van der Waals surface area contributed by atoms with Gasteiger partial charge in [-0.3, -0.25) is 4.90 Å². The van der Waals surface area contributed by atoms with E-state index < -0.39 is 0 Å². The molecular formula is C13H21FN2O. The third-order valence-corrected chi connectivity index (χ3v) is 3.17. The van der Waals surface area contributed by atoms with E-state index in [1.165, 1.54) is 13.2 Å². The summed E-state index contributed by atoms with van der Waals surface area (Å²) in [6.07, 6.45) is 0. The monoisotopic (exact) mass is 240 g/mol. The van der Waals surface area contributed by atoms with Crippen molar-refractivity contribution in [1.29, 1.82) is 0 Å². The maximum atomic E-state index is 13.5. The molecule has 0 saturated carbocycles. The normalized spacial score (nSPS) is 11.9. The zero-order valence-electron chi connectivity index (χ0n) is 11.0. The van der Waals surface area contributed by atoms with Gasteiger partial charge in [0.05, 0.1) is 7.11 Å². The molecule has 2 N–H and O–H groups in total. The maximum absolute atomic E-state index is 13.5. The summed E-state index contributed by atoms with van der Waals surface area (Å²) in [7, 11) is 3.44. The van der Waals surface area contributed by atoms with E-state index in [2.05, 4.69) is 18.7 Å². The van der Waals surface area contributed by atoms with Gasteiger partial charge in [0.1, 0.15) is 0 Å². The van der Waals surface area contributed by atoms with Crippen LogP contribution in [0.2, 0.25) is 0 Å². The first-order chi connectivity index (χ1) is 7.90. The van der Waals surface area contributed by atoms with Crippen molar-refractivity contribution in [3.05, 3.63) is 29.6 Å². The van der Waals surface area contributed by atoms with Crippen LogP contribution in [-0.4, -0.2) is 31.1 Å². The smallest absolute Gasteiger partial charge is 0.165 e. The van der Waals surface area contributed by atoms with Crippen molar-refractivity contribution in [3.8, 4) is 5.75 Å². The number of hydrogen-bond acceptors (Lipinski definition) is 3. The van der Waals surface area contributed by atoms with E-state index in [4.69, 9.17) is 10.5 Å². The summed E-state index contributed by atoms with van der Waals surface area (Å²) in [6.45, 7) is 5.34. The van der Waals surface area contributed by atoms with Crippen molar-refractivity contribution in [2.45, 2.75) is 25.9 Å². The highest BCUT2D eigenvalue weighted by atomic mass is 19.1. The molecule has 96 valence electrons. The predicted molar refractivity (Wildman–Crippen MR) is 67.6 cm³/mol. The Labute approximate surface area is 102 Å². The molecule has 0 fully saturated rings. The van der Waals surface area contributed by atoms with Crippen molar-refractivity contribution in [1.82, 2.24) is 4.90 Å². The van der Waals surface area contributed by atoms with Crippen LogP contribution in [0.4, 0.5) is 4.39 Å². The Hall–Kier alpha value is -1.13. The second kappa shape index (κ2) is 5.47. The summed E-state index contributed by atoms with van der Waals surface area (Å²) < 4.78 is 18.4. The van der Waals surface area contributed by atoms with E-state index >= 15 is 0 Å². The number of nitrogens with two attached hydrogens (primary N) is 1. The van der Waals surface area contributed by atoms with Gasteiger partial charge in [0, 0.05) is 18.6 Å². The van der Waals surface area contributed by atoms with Gasteiger partial charge < -0.3 is 10.5 Å². The molecule has 0 spiro atoms. The molecule has 1 aromatic rings. The molecular weight excluding hydrogens is 219 g/mol. The Kier molecular flexibility index (Phi) is 4.48. The summed E-state index contributed by atoms with van der Waals surface area (Å²) in [5, 5.41) is 0. The lowest BCUT2D eigenvalue weighted by atomic mass is 10.0. The number of rotatable bonds is 5. The third kappa shape index (κ3) is 3.41. The van der Waals surface area contributed by atoms with Crippen molar-refractivity contribution in [2.24, 2.45) is 5.73 Å². The number of benzene rings is 1. The SMILES string of the molecule is COc1ccc(CN(C)C(C)(C)CN)cc1F. The van der Waals surface area contributed by atoms with Crippen LogP contribution in [0, 0.1) is 5.82 Å². The summed E-state index contributed by atoms with van der Waals surface area (Å²) in [6, 6.07) is 5.01. The molecule has 0 unspecified atom stereocenters. The van der Waals surface area contributed by atoms with Gasteiger partial charge in [-0.05, 0) is 38.6 Å². The van der Waals surface area contributed by atoms with E-state index in [9.17, 15) is 4.39 Å². The minimum atomic E-state index is -0.330. The molecule has 0 radical (unpaired) electrons. The second-order valence-corrected chi connectivity index (χ2v) is 4.84. The van der Waals surface area contributed by atoms with Gasteiger partial charge in [-0.25, -0.2) is 4.39 Å². The highest BCUT2D eigenvalue weighted by Gasteiger charge is 2.21. The second-order valence-electron chi connectivity index (χ2n) is 4.84. The van der Waals surface area contributed by atoms with Crippen LogP contribution in [0.1, 0.15) is 19.4 Å². The minimum Gasteiger partial charge on any atom is -0.494 e. The lowest BCUT2D eigenvalue weighted by molar-refractivity contribution is 0.155.